The monoisotopic (exact) mass is 267 g/mol. The summed E-state index contributed by atoms with van der Waals surface area (Å²) >= 11 is 0. The summed E-state index contributed by atoms with van der Waals surface area (Å²) in [5.41, 5.74) is 0. The Morgan fingerprint density at radius 1 is 1.16 bits per heavy atom. The molecule has 2 rings (SSSR count). The van der Waals surface area contributed by atoms with Crippen LogP contribution in [0.25, 0.3) is 0 Å². The van der Waals surface area contributed by atoms with Gasteiger partial charge in [0.05, 0.1) is 0 Å². The third-order valence-electron chi connectivity index (χ3n) is 5.08. The van der Waals surface area contributed by atoms with Gasteiger partial charge in [-0.05, 0) is 71.8 Å². The summed E-state index contributed by atoms with van der Waals surface area (Å²) in [7, 11) is 2.09. The van der Waals surface area contributed by atoms with Crippen molar-refractivity contribution in [2.24, 2.45) is 0 Å². The molecule has 0 aliphatic carbocycles. The van der Waals surface area contributed by atoms with Gasteiger partial charge in [0.2, 0.25) is 0 Å². The van der Waals surface area contributed by atoms with Gasteiger partial charge in [0.1, 0.15) is 0 Å². The van der Waals surface area contributed by atoms with Crippen molar-refractivity contribution in [1.29, 1.82) is 0 Å². The summed E-state index contributed by atoms with van der Waals surface area (Å²) in [4.78, 5) is 5.45. The first-order valence-electron chi connectivity index (χ1n) is 8.47. The molecule has 2 aliphatic rings. The fourth-order valence-corrected chi connectivity index (χ4v) is 3.71. The van der Waals surface area contributed by atoms with Crippen LogP contribution in [0.2, 0.25) is 0 Å². The Morgan fingerprint density at radius 3 is 2.63 bits per heavy atom. The second kappa shape index (κ2) is 8.23. The average Bonchev–Trinajstić information content (AvgIpc) is 2.93. The van der Waals surface area contributed by atoms with E-state index in [0.717, 1.165) is 12.1 Å². The minimum Gasteiger partial charge on any atom is -0.317 e. The van der Waals surface area contributed by atoms with Crippen molar-refractivity contribution in [3.8, 4) is 0 Å². The largest absolute Gasteiger partial charge is 0.317 e. The number of hydrogen-bond donors (Lipinski definition) is 1. The molecule has 0 radical (unpaired) electrons. The van der Waals surface area contributed by atoms with Crippen molar-refractivity contribution in [3.05, 3.63) is 0 Å². The SMILES string of the molecule is CCC(CCCN1CCC(N2CCCCC2)C1)NC. The fourth-order valence-electron chi connectivity index (χ4n) is 3.71. The number of nitrogens with one attached hydrogen (secondary N) is 1. The van der Waals surface area contributed by atoms with E-state index in [2.05, 4.69) is 29.1 Å². The van der Waals surface area contributed by atoms with E-state index in [1.807, 2.05) is 0 Å². The molecule has 2 aliphatic heterocycles. The van der Waals surface area contributed by atoms with Gasteiger partial charge in [-0.2, -0.15) is 0 Å². The Morgan fingerprint density at radius 2 is 1.95 bits per heavy atom. The molecule has 2 saturated heterocycles. The molecule has 3 heteroatoms. The molecule has 0 amide bonds. The normalized spacial score (nSPS) is 27.8. The Balaban J connectivity index is 1.61. The van der Waals surface area contributed by atoms with Gasteiger partial charge in [-0.3, -0.25) is 4.90 Å². The lowest BCUT2D eigenvalue weighted by atomic mass is 10.1. The van der Waals surface area contributed by atoms with E-state index in [-0.39, 0.29) is 0 Å². The van der Waals surface area contributed by atoms with E-state index in [4.69, 9.17) is 0 Å². The predicted molar refractivity (Wildman–Crippen MR) is 82.6 cm³/mol. The maximum atomic E-state index is 3.41. The average molecular weight is 267 g/mol. The first kappa shape index (κ1) is 15.3. The molecule has 2 heterocycles. The molecule has 3 nitrogen and oxygen atoms in total. The third kappa shape index (κ3) is 4.73. The number of rotatable bonds is 7. The van der Waals surface area contributed by atoms with Crippen LogP contribution >= 0.6 is 0 Å². The molecule has 2 fully saturated rings. The highest BCUT2D eigenvalue weighted by Gasteiger charge is 2.27. The fraction of sp³-hybridized carbons (Fsp3) is 1.00. The maximum Gasteiger partial charge on any atom is 0.0235 e. The highest BCUT2D eigenvalue weighted by atomic mass is 15.3. The van der Waals surface area contributed by atoms with Gasteiger partial charge in [0.25, 0.3) is 0 Å². The second-order valence-corrected chi connectivity index (χ2v) is 6.38. The third-order valence-corrected chi connectivity index (χ3v) is 5.08. The lowest BCUT2D eigenvalue weighted by molar-refractivity contribution is 0.161. The molecule has 0 aromatic rings. The highest BCUT2D eigenvalue weighted by molar-refractivity contribution is 4.84. The number of nitrogens with zero attached hydrogens (tertiary/aromatic N) is 2. The standard InChI is InChI=1S/C16H33N3/c1-3-15(17-2)8-7-10-18-13-9-16(14-18)19-11-5-4-6-12-19/h15-17H,3-14H2,1-2H3. The molecule has 0 saturated carbocycles. The molecule has 0 spiro atoms. The van der Waals surface area contributed by atoms with E-state index in [0.29, 0.717) is 0 Å². The molecule has 1 N–H and O–H groups in total. The number of likely N-dealkylation sites (tertiary alicyclic amines) is 2. The van der Waals surface area contributed by atoms with Gasteiger partial charge in [0.15, 0.2) is 0 Å². The smallest absolute Gasteiger partial charge is 0.0235 e. The van der Waals surface area contributed by atoms with Crippen LogP contribution in [0.4, 0.5) is 0 Å². The van der Waals surface area contributed by atoms with Crippen LogP contribution in [0.1, 0.15) is 51.9 Å². The lowest BCUT2D eigenvalue weighted by Crippen LogP contribution is -2.41. The van der Waals surface area contributed by atoms with E-state index in [1.54, 1.807) is 0 Å². The van der Waals surface area contributed by atoms with Gasteiger partial charge in [-0.1, -0.05) is 13.3 Å². The summed E-state index contributed by atoms with van der Waals surface area (Å²) in [6, 6.07) is 1.59. The molecule has 0 aromatic carbocycles. The highest BCUT2D eigenvalue weighted by Crippen LogP contribution is 2.20. The molecular formula is C16H33N3. The van der Waals surface area contributed by atoms with Gasteiger partial charge < -0.3 is 10.2 Å². The first-order chi connectivity index (χ1) is 9.33. The quantitative estimate of drug-likeness (QED) is 0.764. The predicted octanol–water partition coefficient (Wildman–Crippen LogP) is 2.32. The van der Waals surface area contributed by atoms with Crippen molar-refractivity contribution in [3.63, 3.8) is 0 Å². The second-order valence-electron chi connectivity index (χ2n) is 6.38. The summed E-state index contributed by atoms with van der Waals surface area (Å²) in [6.07, 6.45) is 9.66. The van der Waals surface area contributed by atoms with Gasteiger partial charge >= 0.3 is 0 Å². The minimum atomic E-state index is 0.723. The Labute approximate surface area is 119 Å². The van der Waals surface area contributed by atoms with Crippen LogP contribution in [0.5, 0.6) is 0 Å². The van der Waals surface area contributed by atoms with Gasteiger partial charge in [-0.15, -0.1) is 0 Å². The molecule has 112 valence electrons. The number of hydrogen-bond acceptors (Lipinski definition) is 3. The number of piperidine rings is 1. The van der Waals surface area contributed by atoms with Crippen LogP contribution in [0.15, 0.2) is 0 Å². The molecule has 0 bridgehead atoms. The lowest BCUT2D eigenvalue weighted by Gasteiger charge is -2.32. The van der Waals surface area contributed by atoms with Gasteiger partial charge in [-0.25, -0.2) is 0 Å². The van der Waals surface area contributed by atoms with E-state index < -0.39 is 0 Å². The van der Waals surface area contributed by atoms with Crippen LogP contribution < -0.4 is 5.32 Å². The maximum absolute atomic E-state index is 3.41. The Hall–Kier alpha value is -0.120. The van der Waals surface area contributed by atoms with Crippen LogP contribution in [-0.2, 0) is 0 Å². The zero-order valence-electron chi connectivity index (χ0n) is 13.0. The first-order valence-corrected chi connectivity index (χ1v) is 8.47. The Bertz CT molecular complexity index is 234. The topological polar surface area (TPSA) is 18.5 Å². The molecule has 19 heavy (non-hydrogen) atoms. The molecular weight excluding hydrogens is 234 g/mol. The van der Waals surface area contributed by atoms with Crippen molar-refractivity contribution in [2.45, 2.75) is 64.0 Å². The van der Waals surface area contributed by atoms with Crippen LogP contribution in [0.3, 0.4) is 0 Å². The van der Waals surface area contributed by atoms with Crippen molar-refractivity contribution >= 4 is 0 Å². The summed E-state index contributed by atoms with van der Waals surface area (Å²) in [5, 5.41) is 3.41. The molecule has 0 aromatic heterocycles. The van der Waals surface area contributed by atoms with Crippen molar-refractivity contribution in [2.75, 3.05) is 39.8 Å². The summed E-state index contributed by atoms with van der Waals surface area (Å²) in [5.74, 6) is 0. The molecule has 2 unspecified atom stereocenters. The van der Waals surface area contributed by atoms with E-state index in [9.17, 15) is 0 Å². The zero-order chi connectivity index (χ0) is 13.5. The summed E-state index contributed by atoms with van der Waals surface area (Å²) < 4.78 is 0. The van der Waals surface area contributed by atoms with Crippen molar-refractivity contribution in [1.82, 2.24) is 15.1 Å². The summed E-state index contributed by atoms with van der Waals surface area (Å²) in [6.45, 7) is 8.96. The van der Waals surface area contributed by atoms with E-state index >= 15 is 0 Å². The van der Waals surface area contributed by atoms with Crippen molar-refractivity contribution < 1.29 is 0 Å². The van der Waals surface area contributed by atoms with Gasteiger partial charge in [0, 0.05) is 18.6 Å². The Kier molecular flexibility index (Phi) is 6.62. The minimum absolute atomic E-state index is 0.723. The molecule has 2 atom stereocenters. The van der Waals surface area contributed by atoms with Crippen LogP contribution in [0, 0.1) is 0 Å². The van der Waals surface area contributed by atoms with E-state index in [1.165, 1.54) is 77.7 Å². The van der Waals surface area contributed by atoms with Crippen LogP contribution in [-0.4, -0.2) is 61.7 Å². The zero-order valence-corrected chi connectivity index (χ0v) is 13.0.